The molecular weight excluding hydrogens is 418 g/mol. The summed E-state index contributed by atoms with van der Waals surface area (Å²) >= 11 is 0. The van der Waals surface area contributed by atoms with Gasteiger partial charge in [0.15, 0.2) is 0 Å². The van der Waals surface area contributed by atoms with Gasteiger partial charge in [-0.15, -0.1) is 0 Å². The van der Waals surface area contributed by atoms with E-state index in [9.17, 15) is 9.90 Å². The third-order valence-electron chi connectivity index (χ3n) is 6.40. The fourth-order valence-electron chi connectivity index (χ4n) is 4.73. The first-order valence-electron chi connectivity index (χ1n) is 11.4. The molecule has 0 radical (unpaired) electrons. The molecule has 0 spiro atoms. The van der Waals surface area contributed by atoms with E-state index in [4.69, 9.17) is 9.15 Å². The van der Waals surface area contributed by atoms with E-state index in [0.29, 0.717) is 18.4 Å². The molecule has 7 heteroatoms. The van der Waals surface area contributed by atoms with Crippen molar-refractivity contribution in [2.75, 3.05) is 26.7 Å². The Kier molecular flexibility index (Phi) is 7.59. The topological polar surface area (TPSA) is 88.7 Å². The SMILES string of the molecule is COc1ccc2nccc(CCC[C@@H]3CCN(CC#Cc4ncco4)C[C@@H]3CC(=O)O)c2c1. The summed E-state index contributed by atoms with van der Waals surface area (Å²) in [6.45, 7) is 2.28. The van der Waals surface area contributed by atoms with Crippen LogP contribution in [0.4, 0.5) is 0 Å². The fraction of sp³-hybridized carbons (Fsp3) is 0.423. The maximum atomic E-state index is 11.5. The van der Waals surface area contributed by atoms with Gasteiger partial charge >= 0.3 is 5.97 Å². The molecule has 0 aliphatic carbocycles. The van der Waals surface area contributed by atoms with Gasteiger partial charge in [-0.1, -0.05) is 5.92 Å². The molecule has 1 aliphatic rings. The number of oxazole rings is 1. The lowest BCUT2D eigenvalue weighted by atomic mass is 9.80. The zero-order chi connectivity index (χ0) is 23.0. The van der Waals surface area contributed by atoms with Crippen molar-refractivity contribution in [3.05, 3.63) is 54.4 Å². The van der Waals surface area contributed by atoms with E-state index in [0.717, 1.165) is 55.4 Å². The molecule has 3 aromatic rings. The Balaban J connectivity index is 1.35. The number of ether oxygens (including phenoxy) is 1. The highest BCUT2D eigenvalue weighted by Crippen LogP contribution is 2.31. The van der Waals surface area contributed by atoms with E-state index in [1.54, 1.807) is 13.3 Å². The standard InChI is InChI=1S/C26H29N3O4/c1-32-22-7-8-24-23(17-22)20(9-11-27-24)5-2-4-19-10-14-29(18-21(19)16-26(30)31)13-3-6-25-28-12-15-33-25/h7-9,11-12,15,17,19,21H,2,4-5,10,13-14,16,18H2,1H3,(H,30,31)/t19-,21+/m1/s1. The third-order valence-corrected chi connectivity index (χ3v) is 6.40. The summed E-state index contributed by atoms with van der Waals surface area (Å²) in [7, 11) is 1.67. The number of aryl methyl sites for hydroxylation is 1. The van der Waals surface area contributed by atoms with E-state index < -0.39 is 5.97 Å². The number of hydrogen-bond donors (Lipinski definition) is 1. The molecule has 2 atom stereocenters. The number of likely N-dealkylation sites (tertiary alicyclic amines) is 1. The van der Waals surface area contributed by atoms with Gasteiger partial charge in [0.1, 0.15) is 12.0 Å². The van der Waals surface area contributed by atoms with Crippen molar-refractivity contribution >= 4 is 16.9 Å². The fourth-order valence-corrected chi connectivity index (χ4v) is 4.73. The maximum absolute atomic E-state index is 11.5. The van der Waals surface area contributed by atoms with Crippen LogP contribution in [0.15, 0.2) is 47.3 Å². The highest BCUT2D eigenvalue weighted by Gasteiger charge is 2.30. The zero-order valence-electron chi connectivity index (χ0n) is 18.9. The van der Waals surface area contributed by atoms with Gasteiger partial charge < -0.3 is 14.3 Å². The molecule has 0 saturated carbocycles. The normalized spacial score (nSPS) is 18.6. The van der Waals surface area contributed by atoms with Gasteiger partial charge in [-0.3, -0.25) is 14.7 Å². The number of pyridine rings is 1. The van der Waals surface area contributed by atoms with Crippen LogP contribution in [-0.4, -0.2) is 52.7 Å². The monoisotopic (exact) mass is 447 g/mol. The molecule has 1 saturated heterocycles. The summed E-state index contributed by atoms with van der Waals surface area (Å²) < 4.78 is 10.5. The van der Waals surface area contributed by atoms with Gasteiger partial charge in [0.25, 0.3) is 5.89 Å². The van der Waals surface area contributed by atoms with Gasteiger partial charge in [-0.05, 0) is 79.8 Å². The van der Waals surface area contributed by atoms with E-state index in [2.05, 4.69) is 32.8 Å². The number of fused-ring (bicyclic) bond motifs is 1. The number of rotatable bonds is 8. The van der Waals surface area contributed by atoms with Crippen molar-refractivity contribution in [1.82, 2.24) is 14.9 Å². The average Bonchev–Trinajstić information content (AvgIpc) is 3.33. The quantitative estimate of drug-likeness (QED) is 0.522. The Hall–Kier alpha value is -3.37. The summed E-state index contributed by atoms with van der Waals surface area (Å²) in [6, 6.07) is 8.04. The van der Waals surface area contributed by atoms with Crippen LogP contribution in [0, 0.1) is 23.7 Å². The first kappa shape index (κ1) is 22.8. The second kappa shape index (κ2) is 11.0. The zero-order valence-corrected chi connectivity index (χ0v) is 18.9. The summed E-state index contributed by atoms with van der Waals surface area (Å²) in [5, 5.41) is 10.6. The Morgan fingerprint density at radius 2 is 2.18 bits per heavy atom. The van der Waals surface area contributed by atoms with Crippen molar-refractivity contribution in [2.45, 2.75) is 32.1 Å². The summed E-state index contributed by atoms with van der Waals surface area (Å²) in [5.41, 5.74) is 2.23. The number of carbonyl (C=O) groups is 1. The Labute approximate surface area is 193 Å². The Bertz CT molecular complexity index is 1130. The van der Waals surface area contributed by atoms with E-state index in [1.807, 2.05) is 24.4 Å². The minimum atomic E-state index is -0.732. The molecule has 172 valence electrons. The molecule has 33 heavy (non-hydrogen) atoms. The highest BCUT2D eigenvalue weighted by atomic mass is 16.5. The van der Waals surface area contributed by atoms with Crippen LogP contribution in [0.5, 0.6) is 5.75 Å². The third kappa shape index (κ3) is 6.11. The van der Waals surface area contributed by atoms with E-state index in [1.165, 1.54) is 11.8 Å². The molecule has 3 heterocycles. The number of piperidine rings is 1. The Morgan fingerprint density at radius 1 is 1.27 bits per heavy atom. The summed E-state index contributed by atoms with van der Waals surface area (Å²) in [5.74, 6) is 7.05. The number of hydrogen-bond acceptors (Lipinski definition) is 6. The number of carboxylic acid groups (broad SMARTS) is 1. The van der Waals surface area contributed by atoms with Gasteiger partial charge in [0.05, 0.1) is 25.4 Å². The van der Waals surface area contributed by atoms with Crippen LogP contribution in [0.1, 0.15) is 37.1 Å². The molecule has 0 unspecified atom stereocenters. The smallest absolute Gasteiger partial charge is 0.303 e. The number of aliphatic carboxylic acids is 1. The van der Waals surface area contributed by atoms with Crippen molar-refractivity contribution in [1.29, 1.82) is 0 Å². The van der Waals surface area contributed by atoms with Gasteiger partial charge in [0, 0.05) is 24.5 Å². The van der Waals surface area contributed by atoms with E-state index in [-0.39, 0.29) is 12.3 Å². The van der Waals surface area contributed by atoms with Crippen molar-refractivity contribution < 1.29 is 19.1 Å². The average molecular weight is 448 g/mol. The molecule has 1 aliphatic heterocycles. The largest absolute Gasteiger partial charge is 0.497 e. The first-order valence-corrected chi connectivity index (χ1v) is 11.4. The lowest BCUT2D eigenvalue weighted by Crippen LogP contribution is -2.41. The lowest BCUT2D eigenvalue weighted by molar-refractivity contribution is -0.139. The van der Waals surface area contributed by atoms with Crippen molar-refractivity contribution in [3.8, 4) is 17.6 Å². The molecule has 1 N–H and O–H groups in total. The van der Waals surface area contributed by atoms with Crippen LogP contribution in [0.3, 0.4) is 0 Å². The molecule has 0 amide bonds. The second-order valence-electron chi connectivity index (χ2n) is 8.53. The molecule has 1 aromatic carbocycles. The number of benzene rings is 1. The van der Waals surface area contributed by atoms with Crippen molar-refractivity contribution in [2.24, 2.45) is 11.8 Å². The minimum Gasteiger partial charge on any atom is -0.497 e. The van der Waals surface area contributed by atoms with E-state index >= 15 is 0 Å². The second-order valence-corrected chi connectivity index (χ2v) is 8.53. The minimum absolute atomic E-state index is 0.133. The summed E-state index contributed by atoms with van der Waals surface area (Å²) in [6.07, 6.45) is 9.09. The van der Waals surface area contributed by atoms with Crippen LogP contribution >= 0.6 is 0 Å². The number of methoxy groups -OCH3 is 1. The molecule has 4 rings (SSSR count). The first-order chi connectivity index (χ1) is 16.1. The van der Waals surface area contributed by atoms with Crippen molar-refractivity contribution in [3.63, 3.8) is 0 Å². The molecule has 2 aromatic heterocycles. The number of carboxylic acids is 1. The molecule has 1 fully saturated rings. The van der Waals surface area contributed by atoms with Crippen LogP contribution in [-0.2, 0) is 11.2 Å². The predicted molar refractivity (Wildman–Crippen MR) is 125 cm³/mol. The molecule has 0 bridgehead atoms. The van der Waals surface area contributed by atoms with Crippen LogP contribution in [0.2, 0.25) is 0 Å². The lowest BCUT2D eigenvalue weighted by Gasteiger charge is -2.37. The van der Waals surface area contributed by atoms with Gasteiger partial charge in [-0.25, -0.2) is 4.98 Å². The Morgan fingerprint density at radius 3 is 2.97 bits per heavy atom. The maximum Gasteiger partial charge on any atom is 0.303 e. The number of aromatic nitrogens is 2. The molecule has 7 nitrogen and oxygen atoms in total. The van der Waals surface area contributed by atoms with Gasteiger partial charge in [-0.2, -0.15) is 0 Å². The number of nitrogens with zero attached hydrogens (tertiary/aromatic N) is 3. The highest BCUT2D eigenvalue weighted by molar-refractivity contribution is 5.83. The summed E-state index contributed by atoms with van der Waals surface area (Å²) in [4.78, 5) is 22.2. The molecular formula is C26H29N3O4. The van der Waals surface area contributed by atoms with Crippen LogP contribution in [0.25, 0.3) is 10.9 Å². The van der Waals surface area contributed by atoms with Gasteiger partial charge in [0.2, 0.25) is 0 Å². The van der Waals surface area contributed by atoms with Crippen LogP contribution < -0.4 is 4.74 Å². The predicted octanol–water partition coefficient (Wildman–Crippen LogP) is 4.02.